The molecular formula is C17H25NO3. The highest BCUT2D eigenvalue weighted by molar-refractivity contribution is 5.47. The zero-order chi connectivity index (χ0) is 14.7. The molecule has 2 atom stereocenters. The van der Waals surface area contributed by atoms with Gasteiger partial charge in [0.25, 0.3) is 0 Å². The molecule has 2 saturated carbocycles. The van der Waals surface area contributed by atoms with Crippen LogP contribution in [0.25, 0.3) is 0 Å². The maximum Gasteiger partial charge on any atom is 0.166 e. The molecule has 3 rings (SSSR count). The Morgan fingerprint density at radius 1 is 1.19 bits per heavy atom. The molecule has 4 nitrogen and oxygen atoms in total. The summed E-state index contributed by atoms with van der Waals surface area (Å²) >= 11 is 0. The molecule has 0 aromatic heterocycles. The molecule has 4 heteroatoms. The molecule has 2 aliphatic carbocycles. The minimum atomic E-state index is -0.368. The van der Waals surface area contributed by atoms with Crippen LogP contribution in [0.2, 0.25) is 0 Å². The molecule has 116 valence electrons. The highest BCUT2D eigenvalue weighted by atomic mass is 16.5. The Hall–Kier alpha value is -1.26. The van der Waals surface area contributed by atoms with Crippen LogP contribution in [0.15, 0.2) is 18.2 Å². The van der Waals surface area contributed by atoms with Crippen LogP contribution in [-0.4, -0.2) is 30.5 Å². The minimum absolute atomic E-state index is 0.116. The number of aliphatic hydroxyl groups is 1. The number of nitrogens with one attached hydrogen (secondary N) is 1. The van der Waals surface area contributed by atoms with E-state index in [0.29, 0.717) is 6.04 Å². The first-order valence-electron chi connectivity index (χ1n) is 8.02. The summed E-state index contributed by atoms with van der Waals surface area (Å²) in [6, 6.07) is 6.64. The van der Waals surface area contributed by atoms with Gasteiger partial charge in [-0.05, 0) is 38.2 Å². The Labute approximate surface area is 126 Å². The number of methoxy groups -OCH3 is 1. The SMILES string of the molecule is COc1cccc(CNC2CC2)c1OC1CCCCC1O. The van der Waals surface area contributed by atoms with Gasteiger partial charge in [-0.3, -0.25) is 0 Å². The van der Waals surface area contributed by atoms with E-state index in [2.05, 4.69) is 11.4 Å². The van der Waals surface area contributed by atoms with Crippen LogP contribution >= 0.6 is 0 Å². The first-order chi connectivity index (χ1) is 10.3. The lowest BCUT2D eigenvalue weighted by atomic mass is 9.94. The fourth-order valence-corrected chi connectivity index (χ4v) is 2.90. The summed E-state index contributed by atoms with van der Waals surface area (Å²) in [7, 11) is 1.66. The van der Waals surface area contributed by atoms with Gasteiger partial charge in [-0.2, -0.15) is 0 Å². The van der Waals surface area contributed by atoms with Crippen LogP contribution in [0.4, 0.5) is 0 Å². The van der Waals surface area contributed by atoms with Gasteiger partial charge in [-0.15, -0.1) is 0 Å². The Bertz CT molecular complexity index is 473. The fraction of sp³-hybridized carbons (Fsp3) is 0.647. The van der Waals surface area contributed by atoms with Crippen molar-refractivity contribution in [2.45, 2.75) is 63.3 Å². The van der Waals surface area contributed by atoms with E-state index in [1.807, 2.05) is 12.1 Å². The molecule has 0 radical (unpaired) electrons. The monoisotopic (exact) mass is 291 g/mol. The molecule has 2 aliphatic rings. The molecule has 0 spiro atoms. The largest absolute Gasteiger partial charge is 0.493 e. The molecule has 21 heavy (non-hydrogen) atoms. The number of hydrogen-bond donors (Lipinski definition) is 2. The second-order valence-corrected chi connectivity index (χ2v) is 6.11. The summed E-state index contributed by atoms with van der Waals surface area (Å²) in [5, 5.41) is 13.6. The first-order valence-corrected chi connectivity index (χ1v) is 8.02. The lowest BCUT2D eigenvalue weighted by Gasteiger charge is -2.29. The maximum absolute atomic E-state index is 10.1. The molecule has 2 fully saturated rings. The van der Waals surface area contributed by atoms with E-state index >= 15 is 0 Å². The molecule has 1 aromatic carbocycles. The zero-order valence-corrected chi connectivity index (χ0v) is 12.7. The quantitative estimate of drug-likeness (QED) is 0.846. The third kappa shape index (κ3) is 3.69. The lowest BCUT2D eigenvalue weighted by molar-refractivity contribution is 0.00514. The second-order valence-electron chi connectivity index (χ2n) is 6.11. The molecule has 2 unspecified atom stereocenters. The van der Waals surface area contributed by atoms with E-state index in [1.54, 1.807) is 7.11 Å². The number of hydrogen-bond acceptors (Lipinski definition) is 4. The average molecular weight is 291 g/mol. The van der Waals surface area contributed by atoms with Gasteiger partial charge in [-0.25, -0.2) is 0 Å². The van der Waals surface area contributed by atoms with Gasteiger partial charge in [0.1, 0.15) is 6.10 Å². The van der Waals surface area contributed by atoms with Crippen LogP contribution in [0.1, 0.15) is 44.1 Å². The van der Waals surface area contributed by atoms with Crippen LogP contribution in [0.3, 0.4) is 0 Å². The highest BCUT2D eigenvalue weighted by Crippen LogP contribution is 2.35. The van der Waals surface area contributed by atoms with E-state index in [4.69, 9.17) is 9.47 Å². The maximum atomic E-state index is 10.1. The van der Waals surface area contributed by atoms with Crippen LogP contribution in [0.5, 0.6) is 11.5 Å². The predicted molar refractivity (Wildman–Crippen MR) is 81.7 cm³/mol. The molecule has 0 heterocycles. The second kappa shape index (κ2) is 6.67. The normalized spacial score (nSPS) is 25.6. The van der Waals surface area contributed by atoms with Crippen LogP contribution in [-0.2, 0) is 6.54 Å². The van der Waals surface area contributed by atoms with Gasteiger partial charge in [0, 0.05) is 18.2 Å². The minimum Gasteiger partial charge on any atom is -0.493 e. The van der Waals surface area contributed by atoms with E-state index in [9.17, 15) is 5.11 Å². The number of ether oxygens (including phenoxy) is 2. The highest BCUT2D eigenvalue weighted by Gasteiger charge is 2.27. The third-order valence-corrected chi connectivity index (χ3v) is 4.38. The van der Waals surface area contributed by atoms with Gasteiger partial charge in [0.05, 0.1) is 13.2 Å². The Morgan fingerprint density at radius 3 is 2.71 bits per heavy atom. The number of para-hydroxylation sites is 1. The van der Waals surface area contributed by atoms with Gasteiger partial charge >= 0.3 is 0 Å². The number of aliphatic hydroxyl groups excluding tert-OH is 1. The molecule has 2 N–H and O–H groups in total. The van der Waals surface area contributed by atoms with Crippen molar-refractivity contribution in [3.05, 3.63) is 23.8 Å². The number of benzene rings is 1. The van der Waals surface area contributed by atoms with Gasteiger partial charge in [0.15, 0.2) is 11.5 Å². The van der Waals surface area contributed by atoms with Gasteiger partial charge in [-0.1, -0.05) is 18.6 Å². The fourth-order valence-electron chi connectivity index (χ4n) is 2.90. The van der Waals surface area contributed by atoms with E-state index in [0.717, 1.165) is 49.3 Å². The third-order valence-electron chi connectivity index (χ3n) is 4.38. The summed E-state index contributed by atoms with van der Waals surface area (Å²) in [4.78, 5) is 0. The standard InChI is InChI=1S/C17H25NO3/c1-20-16-8-4-5-12(11-18-13-9-10-13)17(16)21-15-7-3-2-6-14(15)19/h4-5,8,13-15,18-19H,2-3,6-7,9-11H2,1H3. The van der Waals surface area contributed by atoms with E-state index < -0.39 is 0 Å². The summed E-state index contributed by atoms with van der Waals surface area (Å²) in [6.07, 6.45) is 5.99. The van der Waals surface area contributed by atoms with Gasteiger partial charge in [0.2, 0.25) is 0 Å². The van der Waals surface area contributed by atoms with Crippen molar-refractivity contribution in [1.82, 2.24) is 5.32 Å². The Morgan fingerprint density at radius 2 is 2.00 bits per heavy atom. The first kappa shape index (κ1) is 14.7. The van der Waals surface area contributed by atoms with Crippen LogP contribution in [0, 0.1) is 0 Å². The van der Waals surface area contributed by atoms with E-state index in [-0.39, 0.29) is 12.2 Å². The summed E-state index contributed by atoms with van der Waals surface area (Å²) in [6.45, 7) is 0.792. The van der Waals surface area contributed by atoms with Crippen LogP contribution < -0.4 is 14.8 Å². The number of rotatable bonds is 6. The van der Waals surface area contributed by atoms with Gasteiger partial charge < -0.3 is 19.9 Å². The van der Waals surface area contributed by atoms with Crippen molar-refractivity contribution in [1.29, 1.82) is 0 Å². The summed E-state index contributed by atoms with van der Waals surface area (Å²) in [5.74, 6) is 1.54. The topological polar surface area (TPSA) is 50.7 Å². The van der Waals surface area contributed by atoms with Crippen molar-refractivity contribution in [3.8, 4) is 11.5 Å². The zero-order valence-electron chi connectivity index (χ0n) is 12.7. The average Bonchev–Trinajstić information content (AvgIpc) is 3.32. The molecule has 1 aromatic rings. The molecular weight excluding hydrogens is 266 g/mol. The van der Waals surface area contributed by atoms with Crippen molar-refractivity contribution in [2.75, 3.05) is 7.11 Å². The van der Waals surface area contributed by atoms with Crippen molar-refractivity contribution >= 4 is 0 Å². The van der Waals surface area contributed by atoms with Crippen molar-refractivity contribution in [2.24, 2.45) is 0 Å². The molecule has 0 saturated heterocycles. The molecule has 0 amide bonds. The Kier molecular flexibility index (Phi) is 4.66. The molecule has 0 aliphatic heterocycles. The predicted octanol–water partition coefficient (Wildman–Crippen LogP) is 2.63. The smallest absolute Gasteiger partial charge is 0.166 e. The van der Waals surface area contributed by atoms with Crippen molar-refractivity contribution < 1.29 is 14.6 Å². The van der Waals surface area contributed by atoms with Crippen molar-refractivity contribution in [3.63, 3.8) is 0 Å². The molecule has 0 bridgehead atoms. The summed E-state index contributed by atoms with van der Waals surface area (Å²) < 4.78 is 11.6. The van der Waals surface area contributed by atoms with E-state index in [1.165, 1.54) is 12.8 Å². The Balaban J connectivity index is 1.76. The summed E-state index contributed by atoms with van der Waals surface area (Å²) in [5.41, 5.74) is 1.11. The lowest BCUT2D eigenvalue weighted by Crippen LogP contribution is -2.35.